The first-order chi connectivity index (χ1) is 13.6. The van der Waals surface area contributed by atoms with Gasteiger partial charge in [0.05, 0.1) is 16.3 Å². The minimum absolute atomic E-state index is 0.557. The van der Waals surface area contributed by atoms with Crippen molar-refractivity contribution < 1.29 is 0 Å². The molecule has 4 aromatic rings. The highest BCUT2D eigenvalue weighted by Crippen LogP contribution is 2.36. The Bertz CT molecular complexity index is 1100. The number of rotatable bonds is 5. The summed E-state index contributed by atoms with van der Waals surface area (Å²) in [4.78, 5) is 16.8. The molecule has 0 saturated heterocycles. The van der Waals surface area contributed by atoms with Crippen LogP contribution in [0.25, 0.3) is 10.6 Å². The second-order valence-electron chi connectivity index (χ2n) is 6.21. The Kier molecular flexibility index (Phi) is 5.23. The number of para-hydroxylation sites is 1. The Balaban J connectivity index is 1.62. The number of thiazole rings is 1. The van der Waals surface area contributed by atoms with Crippen molar-refractivity contribution in [3.8, 4) is 10.6 Å². The van der Waals surface area contributed by atoms with E-state index in [-0.39, 0.29) is 0 Å². The number of benzene rings is 2. The van der Waals surface area contributed by atoms with Crippen molar-refractivity contribution in [3.05, 3.63) is 77.6 Å². The van der Waals surface area contributed by atoms with Gasteiger partial charge in [-0.25, -0.2) is 15.0 Å². The van der Waals surface area contributed by atoms with Gasteiger partial charge >= 0.3 is 0 Å². The van der Waals surface area contributed by atoms with Crippen LogP contribution in [0.1, 0.15) is 5.69 Å². The number of hydrogen-bond acceptors (Lipinski definition) is 6. The van der Waals surface area contributed by atoms with Crippen LogP contribution in [0, 0.1) is 6.92 Å². The minimum atomic E-state index is 0.557. The molecule has 140 valence electrons. The zero-order chi connectivity index (χ0) is 19.5. The fourth-order valence-electron chi connectivity index (χ4n) is 2.75. The Morgan fingerprint density at radius 1 is 1.00 bits per heavy atom. The second-order valence-corrected chi connectivity index (χ2v) is 7.62. The van der Waals surface area contributed by atoms with Crippen LogP contribution >= 0.6 is 22.9 Å². The molecule has 7 heteroatoms. The molecule has 0 spiro atoms. The summed E-state index contributed by atoms with van der Waals surface area (Å²) in [6, 6.07) is 19.5. The molecule has 5 nitrogen and oxygen atoms in total. The lowest BCUT2D eigenvalue weighted by Gasteiger charge is -2.15. The summed E-state index contributed by atoms with van der Waals surface area (Å²) < 4.78 is 0. The Morgan fingerprint density at radius 2 is 1.82 bits per heavy atom. The van der Waals surface area contributed by atoms with Gasteiger partial charge < -0.3 is 10.2 Å². The smallest absolute Gasteiger partial charge is 0.227 e. The molecular formula is C21H18ClN5S. The lowest BCUT2D eigenvalue weighted by Crippen LogP contribution is -2.08. The third-order valence-corrected chi connectivity index (χ3v) is 5.68. The second kappa shape index (κ2) is 7.96. The molecule has 0 fully saturated rings. The molecule has 2 aromatic carbocycles. The summed E-state index contributed by atoms with van der Waals surface area (Å²) in [6.07, 6.45) is 1.76. The maximum Gasteiger partial charge on any atom is 0.227 e. The molecule has 1 N–H and O–H groups in total. The fourth-order valence-corrected chi connectivity index (χ4v) is 3.96. The van der Waals surface area contributed by atoms with Crippen LogP contribution in [0.4, 0.5) is 22.5 Å². The number of anilines is 4. The van der Waals surface area contributed by atoms with Crippen molar-refractivity contribution in [2.45, 2.75) is 6.92 Å². The highest BCUT2D eigenvalue weighted by molar-refractivity contribution is 7.19. The van der Waals surface area contributed by atoms with Crippen LogP contribution in [-0.4, -0.2) is 22.0 Å². The number of aryl methyl sites for hydroxylation is 1. The van der Waals surface area contributed by atoms with Crippen LogP contribution < -0.4 is 10.2 Å². The predicted octanol–water partition coefficient (Wildman–Crippen LogP) is 6.07. The molecule has 0 saturated carbocycles. The highest BCUT2D eigenvalue weighted by atomic mass is 35.5. The maximum absolute atomic E-state index is 6.13. The predicted molar refractivity (Wildman–Crippen MR) is 117 cm³/mol. The van der Waals surface area contributed by atoms with Gasteiger partial charge in [0.25, 0.3) is 0 Å². The SMILES string of the molecule is Cc1nc(N(C)c2cccc(Cl)c2)sc1-c1ccnc(Nc2ccccc2)n1. The molecular weight excluding hydrogens is 390 g/mol. The van der Waals surface area contributed by atoms with Crippen molar-refractivity contribution in [2.75, 3.05) is 17.3 Å². The van der Waals surface area contributed by atoms with E-state index < -0.39 is 0 Å². The van der Waals surface area contributed by atoms with Gasteiger partial charge in [0, 0.05) is 29.6 Å². The van der Waals surface area contributed by atoms with E-state index in [4.69, 9.17) is 16.6 Å². The number of halogens is 1. The van der Waals surface area contributed by atoms with Gasteiger partial charge in [-0.05, 0) is 43.3 Å². The first-order valence-electron chi connectivity index (χ1n) is 8.72. The molecule has 2 aromatic heterocycles. The van der Waals surface area contributed by atoms with Gasteiger partial charge in [-0.2, -0.15) is 0 Å². The Labute approximate surface area is 172 Å². The topological polar surface area (TPSA) is 53.9 Å². The molecule has 0 amide bonds. The summed E-state index contributed by atoms with van der Waals surface area (Å²) in [5.74, 6) is 0.557. The first kappa shape index (κ1) is 18.4. The molecule has 0 aliphatic rings. The number of hydrogen-bond donors (Lipinski definition) is 1. The average molecular weight is 408 g/mol. The molecule has 0 unspecified atom stereocenters. The number of nitrogens with zero attached hydrogens (tertiary/aromatic N) is 4. The monoisotopic (exact) mass is 407 g/mol. The van der Waals surface area contributed by atoms with Crippen molar-refractivity contribution in [1.29, 1.82) is 0 Å². The molecule has 0 radical (unpaired) electrons. The van der Waals surface area contributed by atoms with Gasteiger partial charge in [0.1, 0.15) is 0 Å². The van der Waals surface area contributed by atoms with Crippen LogP contribution in [0.2, 0.25) is 5.02 Å². The molecule has 0 atom stereocenters. The zero-order valence-corrected chi connectivity index (χ0v) is 17.0. The van der Waals surface area contributed by atoms with Crippen molar-refractivity contribution in [1.82, 2.24) is 15.0 Å². The summed E-state index contributed by atoms with van der Waals surface area (Å²) in [7, 11) is 1.98. The van der Waals surface area contributed by atoms with E-state index in [9.17, 15) is 0 Å². The van der Waals surface area contributed by atoms with E-state index in [2.05, 4.69) is 15.3 Å². The quantitative estimate of drug-likeness (QED) is 0.435. The lowest BCUT2D eigenvalue weighted by atomic mass is 10.3. The van der Waals surface area contributed by atoms with E-state index in [1.807, 2.05) is 79.5 Å². The zero-order valence-electron chi connectivity index (χ0n) is 15.4. The van der Waals surface area contributed by atoms with Crippen LogP contribution in [0.15, 0.2) is 66.9 Å². The molecule has 0 bridgehead atoms. The third-order valence-electron chi connectivity index (χ3n) is 4.19. The average Bonchev–Trinajstić information content (AvgIpc) is 3.10. The Morgan fingerprint density at radius 3 is 2.61 bits per heavy atom. The normalized spacial score (nSPS) is 10.7. The van der Waals surface area contributed by atoms with E-state index >= 15 is 0 Å². The minimum Gasteiger partial charge on any atom is -0.324 e. The van der Waals surface area contributed by atoms with Gasteiger partial charge in [-0.1, -0.05) is 47.2 Å². The van der Waals surface area contributed by atoms with Crippen molar-refractivity contribution >= 4 is 45.4 Å². The standard InChI is InChI=1S/C21H18ClN5S/c1-14-19(28-21(24-14)27(2)17-10-6-7-15(22)13-17)18-11-12-23-20(26-18)25-16-8-4-3-5-9-16/h3-13H,1-2H3,(H,23,25,26). The fraction of sp³-hybridized carbons (Fsp3) is 0.0952. The third kappa shape index (κ3) is 3.98. The van der Waals surface area contributed by atoms with Crippen LogP contribution in [0.3, 0.4) is 0 Å². The largest absolute Gasteiger partial charge is 0.324 e. The van der Waals surface area contributed by atoms with Gasteiger partial charge in [0.2, 0.25) is 5.95 Å². The van der Waals surface area contributed by atoms with Crippen LogP contribution in [0.5, 0.6) is 0 Å². The van der Waals surface area contributed by atoms with Gasteiger partial charge in [-0.15, -0.1) is 0 Å². The molecule has 28 heavy (non-hydrogen) atoms. The highest BCUT2D eigenvalue weighted by Gasteiger charge is 2.16. The molecule has 4 rings (SSSR count). The van der Waals surface area contributed by atoms with E-state index in [1.165, 1.54) is 0 Å². The van der Waals surface area contributed by atoms with Gasteiger partial charge in [-0.3, -0.25) is 0 Å². The summed E-state index contributed by atoms with van der Waals surface area (Å²) in [5.41, 5.74) is 3.70. The molecule has 2 heterocycles. The molecule has 0 aliphatic heterocycles. The van der Waals surface area contributed by atoms with E-state index in [0.29, 0.717) is 11.0 Å². The number of aromatic nitrogens is 3. The van der Waals surface area contributed by atoms with Crippen LogP contribution in [-0.2, 0) is 0 Å². The van der Waals surface area contributed by atoms with E-state index in [0.717, 1.165) is 32.8 Å². The van der Waals surface area contributed by atoms with Crippen molar-refractivity contribution in [2.24, 2.45) is 0 Å². The molecule has 0 aliphatic carbocycles. The first-order valence-corrected chi connectivity index (χ1v) is 9.92. The summed E-state index contributed by atoms with van der Waals surface area (Å²) in [6.45, 7) is 1.99. The van der Waals surface area contributed by atoms with Gasteiger partial charge in [0.15, 0.2) is 5.13 Å². The number of nitrogens with one attached hydrogen (secondary N) is 1. The van der Waals surface area contributed by atoms with E-state index in [1.54, 1.807) is 17.5 Å². The lowest BCUT2D eigenvalue weighted by molar-refractivity contribution is 1.13. The summed E-state index contributed by atoms with van der Waals surface area (Å²) in [5, 5.41) is 4.81. The summed E-state index contributed by atoms with van der Waals surface area (Å²) >= 11 is 7.72. The maximum atomic E-state index is 6.13. The Hall–Kier alpha value is -2.96. The van der Waals surface area contributed by atoms with Crippen molar-refractivity contribution in [3.63, 3.8) is 0 Å².